The first-order chi connectivity index (χ1) is 10.7. The summed E-state index contributed by atoms with van der Waals surface area (Å²) in [6.45, 7) is 2.17. The maximum Gasteiger partial charge on any atom is 0.311 e. The Morgan fingerprint density at radius 3 is 2.86 bits per heavy atom. The number of nitrogens with zero attached hydrogens (tertiary/aromatic N) is 1. The van der Waals surface area contributed by atoms with Gasteiger partial charge in [-0.3, -0.25) is 4.79 Å². The van der Waals surface area contributed by atoms with Crippen LogP contribution < -0.4 is 0 Å². The molecule has 3 rings (SSSR count). The molecule has 1 N–H and O–H groups in total. The van der Waals surface area contributed by atoms with Crippen LogP contribution in [-0.4, -0.2) is 22.7 Å². The van der Waals surface area contributed by atoms with Crippen molar-refractivity contribution in [1.29, 1.82) is 0 Å². The van der Waals surface area contributed by atoms with E-state index in [0.29, 0.717) is 6.61 Å². The lowest BCUT2D eigenvalue weighted by molar-refractivity contribution is -0.142. The molecule has 1 heterocycles. The molecule has 3 aromatic rings. The summed E-state index contributed by atoms with van der Waals surface area (Å²) in [5.41, 5.74) is 1.69. The highest BCUT2D eigenvalue weighted by molar-refractivity contribution is 7.13. The van der Waals surface area contributed by atoms with Crippen LogP contribution in [0.1, 0.15) is 12.6 Å². The summed E-state index contributed by atoms with van der Waals surface area (Å²) < 4.78 is 4.93. The molecule has 5 heteroatoms. The number of benzene rings is 2. The first kappa shape index (κ1) is 14.5. The van der Waals surface area contributed by atoms with E-state index in [1.54, 1.807) is 19.1 Å². The molecular weight excluding hydrogens is 298 g/mol. The van der Waals surface area contributed by atoms with E-state index in [-0.39, 0.29) is 18.1 Å². The Balaban J connectivity index is 1.88. The molecule has 2 aromatic carbocycles. The summed E-state index contributed by atoms with van der Waals surface area (Å²) in [4.78, 5) is 16.0. The summed E-state index contributed by atoms with van der Waals surface area (Å²) in [6.07, 6.45) is 0.193. The van der Waals surface area contributed by atoms with Gasteiger partial charge in [0.25, 0.3) is 0 Å². The van der Waals surface area contributed by atoms with Gasteiger partial charge in [0.1, 0.15) is 10.8 Å². The molecule has 22 heavy (non-hydrogen) atoms. The normalized spacial score (nSPS) is 10.8. The average molecular weight is 313 g/mol. The number of carbonyl (C=O) groups is 1. The van der Waals surface area contributed by atoms with Crippen molar-refractivity contribution < 1.29 is 14.6 Å². The van der Waals surface area contributed by atoms with Gasteiger partial charge in [-0.1, -0.05) is 18.2 Å². The summed E-state index contributed by atoms with van der Waals surface area (Å²) in [6, 6.07) is 11.3. The van der Waals surface area contributed by atoms with Crippen molar-refractivity contribution in [3.05, 3.63) is 47.5 Å². The SMILES string of the molecule is CCOC(=O)Cc1csc(-c2ccc3ccc(O)cc3c2)n1. The van der Waals surface area contributed by atoms with Crippen molar-refractivity contribution >= 4 is 28.1 Å². The van der Waals surface area contributed by atoms with E-state index in [1.807, 2.05) is 29.6 Å². The number of phenols is 1. The second kappa shape index (κ2) is 6.15. The van der Waals surface area contributed by atoms with Crippen LogP contribution in [-0.2, 0) is 16.0 Å². The third-order valence-corrected chi connectivity index (χ3v) is 4.19. The van der Waals surface area contributed by atoms with Gasteiger partial charge >= 0.3 is 5.97 Å². The molecule has 0 aliphatic rings. The third kappa shape index (κ3) is 3.09. The lowest BCUT2D eigenvalue weighted by Gasteiger charge is -2.02. The Bertz CT molecular complexity index is 826. The van der Waals surface area contributed by atoms with E-state index in [9.17, 15) is 9.90 Å². The highest BCUT2D eigenvalue weighted by Gasteiger charge is 2.10. The molecule has 0 aliphatic carbocycles. The van der Waals surface area contributed by atoms with Gasteiger partial charge in [-0.05, 0) is 35.9 Å². The molecule has 0 saturated heterocycles. The fraction of sp³-hybridized carbons (Fsp3) is 0.176. The van der Waals surface area contributed by atoms with Gasteiger partial charge in [0, 0.05) is 10.9 Å². The van der Waals surface area contributed by atoms with Gasteiger partial charge in [0.15, 0.2) is 0 Å². The van der Waals surface area contributed by atoms with Crippen LogP contribution in [0.3, 0.4) is 0 Å². The lowest BCUT2D eigenvalue weighted by Crippen LogP contribution is -2.07. The van der Waals surface area contributed by atoms with Gasteiger partial charge in [-0.25, -0.2) is 4.98 Å². The molecule has 0 fully saturated rings. The van der Waals surface area contributed by atoms with Crippen molar-refractivity contribution in [2.24, 2.45) is 0 Å². The Hall–Kier alpha value is -2.40. The van der Waals surface area contributed by atoms with Crippen LogP contribution in [0.25, 0.3) is 21.3 Å². The highest BCUT2D eigenvalue weighted by atomic mass is 32.1. The molecule has 4 nitrogen and oxygen atoms in total. The Labute approximate surface area is 132 Å². The molecule has 112 valence electrons. The molecule has 0 aliphatic heterocycles. The number of phenolic OH excluding ortho intramolecular Hbond substituents is 1. The van der Waals surface area contributed by atoms with Gasteiger partial charge in [-0.15, -0.1) is 11.3 Å². The van der Waals surface area contributed by atoms with Crippen molar-refractivity contribution in [3.63, 3.8) is 0 Å². The number of fused-ring (bicyclic) bond motifs is 1. The molecule has 0 saturated carbocycles. The third-order valence-electron chi connectivity index (χ3n) is 3.25. The number of ether oxygens (including phenoxy) is 1. The van der Waals surface area contributed by atoms with Gasteiger partial charge in [0.2, 0.25) is 0 Å². The molecule has 0 atom stereocenters. The van der Waals surface area contributed by atoms with Gasteiger partial charge in [0.05, 0.1) is 18.7 Å². The topological polar surface area (TPSA) is 59.4 Å². The minimum absolute atomic E-state index is 0.193. The van der Waals surface area contributed by atoms with Crippen LogP contribution in [0.5, 0.6) is 5.75 Å². The first-order valence-electron chi connectivity index (χ1n) is 6.99. The van der Waals surface area contributed by atoms with Crippen molar-refractivity contribution in [3.8, 4) is 16.3 Å². The average Bonchev–Trinajstić information content (AvgIpc) is 2.95. The van der Waals surface area contributed by atoms with E-state index in [4.69, 9.17) is 4.74 Å². The monoisotopic (exact) mass is 313 g/mol. The zero-order valence-electron chi connectivity index (χ0n) is 12.1. The second-order valence-corrected chi connectivity index (χ2v) is 5.73. The maximum absolute atomic E-state index is 11.5. The standard InChI is InChI=1S/C17H15NO3S/c1-2-21-16(20)9-14-10-22-17(18-14)12-4-3-11-5-6-15(19)8-13(11)7-12/h3-8,10,19H,2,9H2,1H3. The molecule has 1 aromatic heterocycles. The number of carbonyl (C=O) groups excluding carboxylic acids is 1. The smallest absolute Gasteiger partial charge is 0.311 e. The minimum Gasteiger partial charge on any atom is -0.508 e. The van der Waals surface area contributed by atoms with E-state index in [0.717, 1.165) is 27.0 Å². The maximum atomic E-state index is 11.5. The van der Waals surface area contributed by atoms with Gasteiger partial charge < -0.3 is 9.84 Å². The van der Waals surface area contributed by atoms with Crippen molar-refractivity contribution in [2.75, 3.05) is 6.61 Å². The summed E-state index contributed by atoms with van der Waals surface area (Å²) in [7, 11) is 0. The number of esters is 1. The second-order valence-electron chi connectivity index (χ2n) is 4.87. The molecule has 0 unspecified atom stereocenters. The summed E-state index contributed by atoms with van der Waals surface area (Å²) >= 11 is 1.49. The van der Waals surface area contributed by atoms with Gasteiger partial charge in [-0.2, -0.15) is 0 Å². The highest BCUT2D eigenvalue weighted by Crippen LogP contribution is 2.29. The predicted molar refractivity (Wildman–Crippen MR) is 87.1 cm³/mol. The molecule has 0 spiro atoms. The predicted octanol–water partition coefficient (Wildman–Crippen LogP) is 3.77. The quantitative estimate of drug-likeness (QED) is 0.745. The number of aromatic nitrogens is 1. The van der Waals surface area contributed by atoms with Crippen molar-refractivity contribution in [2.45, 2.75) is 13.3 Å². The minimum atomic E-state index is -0.261. The first-order valence-corrected chi connectivity index (χ1v) is 7.87. The number of aromatic hydroxyl groups is 1. The Kier molecular flexibility index (Phi) is 4.06. The number of hydrogen-bond acceptors (Lipinski definition) is 5. The number of rotatable bonds is 4. The van der Waals surface area contributed by atoms with E-state index >= 15 is 0 Å². The summed E-state index contributed by atoms with van der Waals surface area (Å²) in [5, 5.41) is 14.3. The fourth-order valence-electron chi connectivity index (χ4n) is 2.25. The number of thiazole rings is 1. The largest absolute Gasteiger partial charge is 0.508 e. The van der Waals surface area contributed by atoms with E-state index < -0.39 is 0 Å². The van der Waals surface area contributed by atoms with Crippen LogP contribution in [0.15, 0.2) is 41.8 Å². The zero-order chi connectivity index (χ0) is 15.5. The Morgan fingerprint density at radius 2 is 2.05 bits per heavy atom. The van der Waals surface area contributed by atoms with E-state index in [2.05, 4.69) is 4.98 Å². The van der Waals surface area contributed by atoms with E-state index in [1.165, 1.54) is 11.3 Å². The molecular formula is C17H15NO3S. The molecule has 0 bridgehead atoms. The fourth-order valence-corrected chi connectivity index (χ4v) is 3.06. The molecule has 0 amide bonds. The van der Waals surface area contributed by atoms with Crippen LogP contribution in [0.4, 0.5) is 0 Å². The number of hydrogen-bond donors (Lipinski definition) is 1. The van der Waals surface area contributed by atoms with Crippen LogP contribution in [0.2, 0.25) is 0 Å². The van der Waals surface area contributed by atoms with Crippen molar-refractivity contribution in [1.82, 2.24) is 4.98 Å². The molecule has 0 radical (unpaired) electrons. The zero-order valence-corrected chi connectivity index (χ0v) is 12.9. The van der Waals surface area contributed by atoms with Crippen LogP contribution >= 0.6 is 11.3 Å². The Morgan fingerprint density at radius 1 is 1.23 bits per heavy atom. The summed E-state index contributed by atoms with van der Waals surface area (Å²) in [5.74, 6) is -0.0189. The lowest BCUT2D eigenvalue weighted by atomic mass is 10.1. The van der Waals surface area contributed by atoms with Crippen LogP contribution in [0, 0.1) is 0 Å².